The lowest BCUT2D eigenvalue weighted by molar-refractivity contribution is -0.166. The predicted molar refractivity (Wildman–Crippen MR) is 302 cm³/mol. The van der Waals surface area contributed by atoms with E-state index in [4.69, 9.17) is 14.2 Å². The Morgan fingerprint density at radius 2 is 0.586 bits per heavy atom. The van der Waals surface area contributed by atoms with E-state index in [-0.39, 0.29) is 44.0 Å². The first kappa shape index (κ1) is 65.3. The summed E-state index contributed by atoms with van der Waals surface area (Å²) < 4.78 is 16.8. The largest absolute Gasteiger partial charge is 0.462 e. The Morgan fingerprint density at radius 3 is 0.957 bits per heavy atom. The first-order valence-electron chi connectivity index (χ1n) is 27.8. The molecule has 0 aliphatic heterocycles. The van der Waals surface area contributed by atoms with Gasteiger partial charge in [0.05, 0.1) is 0 Å². The zero-order valence-corrected chi connectivity index (χ0v) is 44.7. The van der Waals surface area contributed by atoms with Crippen molar-refractivity contribution in [2.45, 2.75) is 226 Å². The molecule has 0 aliphatic rings. The van der Waals surface area contributed by atoms with Gasteiger partial charge in [0.15, 0.2) is 6.10 Å². The number of carbonyl (C=O) groups excluding carboxylic acids is 3. The Bertz CT molecular complexity index is 1580. The van der Waals surface area contributed by atoms with Crippen LogP contribution in [0.5, 0.6) is 0 Å². The van der Waals surface area contributed by atoms with Gasteiger partial charge < -0.3 is 14.2 Å². The summed E-state index contributed by atoms with van der Waals surface area (Å²) >= 11 is 0. The molecule has 0 amide bonds. The highest BCUT2D eigenvalue weighted by atomic mass is 16.6. The highest BCUT2D eigenvalue weighted by Crippen LogP contribution is 2.13. The number of ether oxygens (including phenoxy) is 3. The lowest BCUT2D eigenvalue weighted by Gasteiger charge is -2.18. The Morgan fingerprint density at radius 1 is 0.300 bits per heavy atom. The molecule has 0 aliphatic carbocycles. The van der Waals surface area contributed by atoms with Crippen LogP contribution in [-0.4, -0.2) is 37.2 Å². The molecule has 0 aromatic rings. The van der Waals surface area contributed by atoms with Crippen molar-refractivity contribution in [3.63, 3.8) is 0 Å². The Kier molecular flexibility index (Phi) is 53.0. The summed E-state index contributed by atoms with van der Waals surface area (Å²) in [6.07, 6.45) is 81.3. The van der Waals surface area contributed by atoms with Gasteiger partial charge in [-0.3, -0.25) is 14.4 Å². The number of rotatable bonds is 48. The maximum absolute atomic E-state index is 12.9. The third kappa shape index (κ3) is 54.2. The van der Waals surface area contributed by atoms with Gasteiger partial charge in [0.2, 0.25) is 0 Å². The average molecular weight is 965 g/mol. The van der Waals surface area contributed by atoms with Crippen LogP contribution in [0.25, 0.3) is 0 Å². The molecule has 0 fully saturated rings. The quantitative estimate of drug-likeness (QED) is 0.0262. The second-order valence-corrected chi connectivity index (χ2v) is 17.7. The number of esters is 3. The topological polar surface area (TPSA) is 78.9 Å². The summed E-state index contributed by atoms with van der Waals surface area (Å²) in [6, 6.07) is 0. The number of allylic oxidation sites excluding steroid dienone is 24. The summed E-state index contributed by atoms with van der Waals surface area (Å²) in [4.78, 5) is 38.1. The maximum Gasteiger partial charge on any atom is 0.306 e. The van der Waals surface area contributed by atoms with Gasteiger partial charge in [0.25, 0.3) is 0 Å². The fraction of sp³-hybridized carbons (Fsp3) is 0.578. The highest BCUT2D eigenvalue weighted by Gasteiger charge is 2.19. The van der Waals surface area contributed by atoms with Gasteiger partial charge in [0, 0.05) is 19.3 Å². The van der Waals surface area contributed by atoms with E-state index in [9.17, 15) is 14.4 Å². The van der Waals surface area contributed by atoms with Crippen molar-refractivity contribution < 1.29 is 28.6 Å². The first-order chi connectivity index (χ1) is 34.5. The summed E-state index contributed by atoms with van der Waals surface area (Å²) in [5, 5.41) is 0. The summed E-state index contributed by atoms with van der Waals surface area (Å²) in [6.45, 7) is 6.27. The minimum Gasteiger partial charge on any atom is -0.462 e. The lowest BCUT2D eigenvalue weighted by atomic mass is 10.1. The third-order valence-electron chi connectivity index (χ3n) is 11.1. The number of carbonyl (C=O) groups is 3. The van der Waals surface area contributed by atoms with Crippen LogP contribution in [0.15, 0.2) is 146 Å². The van der Waals surface area contributed by atoms with Crippen molar-refractivity contribution >= 4 is 17.9 Å². The van der Waals surface area contributed by atoms with Crippen molar-refractivity contribution in [1.82, 2.24) is 0 Å². The first-order valence-corrected chi connectivity index (χ1v) is 27.8. The monoisotopic (exact) mass is 965 g/mol. The Balaban J connectivity index is 4.57. The lowest BCUT2D eigenvalue weighted by Crippen LogP contribution is -2.30. The van der Waals surface area contributed by atoms with Gasteiger partial charge >= 0.3 is 17.9 Å². The van der Waals surface area contributed by atoms with Crippen molar-refractivity contribution in [2.24, 2.45) is 0 Å². The average Bonchev–Trinajstić information content (AvgIpc) is 3.36. The van der Waals surface area contributed by atoms with Crippen LogP contribution in [0.4, 0.5) is 0 Å². The molecule has 1 unspecified atom stereocenters. The van der Waals surface area contributed by atoms with Crippen LogP contribution < -0.4 is 0 Å². The molecule has 1 atom stereocenters. The molecule has 0 aromatic carbocycles. The minimum absolute atomic E-state index is 0.121. The van der Waals surface area contributed by atoms with E-state index in [0.29, 0.717) is 12.8 Å². The van der Waals surface area contributed by atoms with Crippen molar-refractivity contribution in [3.05, 3.63) is 146 Å². The highest BCUT2D eigenvalue weighted by molar-refractivity contribution is 5.71. The number of unbranched alkanes of at least 4 members (excludes halogenated alkanes) is 13. The molecule has 0 saturated carbocycles. The van der Waals surface area contributed by atoms with Gasteiger partial charge in [-0.15, -0.1) is 0 Å². The molecule has 0 radical (unpaired) electrons. The van der Waals surface area contributed by atoms with Crippen LogP contribution in [-0.2, 0) is 28.6 Å². The second kappa shape index (κ2) is 56.9. The number of hydrogen-bond acceptors (Lipinski definition) is 6. The van der Waals surface area contributed by atoms with E-state index in [0.717, 1.165) is 141 Å². The normalized spacial score (nSPS) is 13.2. The summed E-state index contributed by atoms with van der Waals surface area (Å²) in [5.74, 6) is -1.04. The van der Waals surface area contributed by atoms with Crippen LogP contribution >= 0.6 is 0 Å². The standard InChI is InChI=1S/C64H100O6/c1-4-7-10-13-16-19-22-25-28-30-32-34-36-39-42-45-48-51-54-57-63(66)69-60-61(59-68-62(65)56-53-50-47-44-41-38-27-24-21-18-15-12-9-6-3)70-64(67)58-55-52-49-46-43-40-37-35-33-31-29-26-23-20-17-14-11-8-5-2/h7-8,10-11,15-20,24-29,32-35,39,42,48,51,61H,4-6,9,12-14,21-23,30-31,36-38,40-41,43-47,49-50,52-60H2,1-3H3/b10-7-,11-8-,18-15-,19-16-,20-17-,27-24-,28-25-,29-26-,34-32-,35-33-,42-39-,51-48-. The molecular formula is C64H100O6. The molecule has 0 spiro atoms. The molecule has 0 saturated heterocycles. The van der Waals surface area contributed by atoms with Gasteiger partial charge in [0.1, 0.15) is 13.2 Å². The molecule has 0 heterocycles. The van der Waals surface area contributed by atoms with Gasteiger partial charge in [-0.1, -0.05) is 224 Å². The van der Waals surface area contributed by atoms with Gasteiger partial charge in [-0.25, -0.2) is 0 Å². The molecule has 0 aromatic heterocycles. The summed E-state index contributed by atoms with van der Waals surface area (Å²) in [5.41, 5.74) is 0. The Hall–Kier alpha value is -4.71. The minimum atomic E-state index is -0.829. The van der Waals surface area contributed by atoms with E-state index in [1.165, 1.54) is 32.1 Å². The van der Waals surface area contributed by atoms with E-state index in [1.807, 2.05) is 12.2 Å². The van der Waals surface area contributed by atoms with Gasteiger partial charge in [-0.2, -0.15) is 0 Å². The predicted octanol–water partition coefficient (Wildman–Crippen LogP) is 18.8. The SMILES string of the molecule is CC/C=C\C/C=C\C/C=C\C/C=C\C/C=C\C/C=C\CCC(=O)OCC(COC(=O)CCCCCCC/C=C\C/C=C\CCCC)OC(=O)CCCCCCCC/C=C\C/C=C\C/C=C\C/C=C\CC. The molecule has 0 bridgehead atoms. The molecule has 0 rings (SSSR count). The molecule has 6 nitrogen and oxygen atoms in total. The smallest absolute Gasteiger partial charge is 0.306 e. The Labute approximate surface area is 429 Å². The zero-order chi connectivity index (χ0) is 50.7. The molecule has 70 heavy (non-hydrogen) atoms. The maximum atomic E-state index is 12.9. The van der Waals surface area contributed by atoms with E-state index >= 15 is 0 Å². The molecular weight excluding hydrogens is 865 g/mol. The van der Waals surface area contributed by atoms with E-state index < -0.39 is 6.10 Å². The van der Waals surface area contributed by atoms with Crippen molar-refractivity contribution in [1.29, 1.82) is 0 Å². The van der Waals surface area contributed by atoms with Crippen LogP contribution in [0, 0.1) is 0 Å². The zero-order valence-electron chi connectivity index (χ0n) is 44.7. The molecule has 0 N–H and O–H groups in total. The summed E-state index contributed by atoms with van der Waals surface area (Å²) in [7, 11) is 0. The van der Waals surface area contributed by atoms with Crippen molar-refractivity contribution in [3.8, 4) is 0 Å². The van der Waals surface area contributed by atoms with Gasteiger partial charge in [-0.05, 0) is 122 Å². The third-order valence-corrected chi connectivity index (χ3v) is 11.1. The van der Waals surface area contributed by atoms with Crippen LogP contribution in [0.3, 0.4) is 0 Å². The fourth-order valence-corrected chi connectivity index (χ4v) is 6.94. The molecule has 6 heteroatoms. The molecule has 392 valence electrons. The van der Waals surface area contributed by atoms with E-state index in [1.54, 1.807) is 0 Å². The van der Waals surface area contributed by atoms with Crippen molar-refractivity contribution in [2.75, 3.05) is 13.2 Å². The fourth-order valence-electron chi connectivity index (χ4n) is 6.94. The van der Waals surface area contributed by atoms with Crippen LogP contribution in [0.1, 0.15) is 220 Å². The second-order valence-electron chi connectivity index (χ2n) is 17.7. The number of hydrogen-bond donors (Lipinski definition) is 0. The van der Waals surface area contributed by atoms with Crippen LogP contribution in [0.2, 0.25) is 0 Å². The van der Waals surface area contributed by atoms with E-state index in [2.05, 4.69) is 154 Å².